The Morgan fingerprint density at radius 2 is 1.89 bits per heavy atom. The lowest BCUT2D eigenvalue weighted by molar-refractivity contribution is 0.464. The smallest absolute Gasteiger partial charge is 0.245 e. The molecule has 2 rings (SSSR count). The van der Waals surface area contributed by atoms with Crippen LogP contribution >= 0.6 is 0 Å². The summed E-state index contributed by atoms with van der Waals surface area (Å²) in [6, 6.07) is 3.67. The Balaban J connectivity index is 2.51. The van der Waals surface area contributed by atoms with Gasteiger partial charge in [-0.05, 0) is 37.3 Å². The van der Waals surface area contributed by atoms with E-state index in [1.165, 1.54) is 0 Å². The zero-order valence-corrected chi connectivity index (χ0v) is 11.9. The summed E-state index contributed by atoms with van der Waals surface area (Å²) in [5.74, 6) is 0.422. The van der Waals surface area contributed by atoms with Crippen molar-refractivity contribution >= 4 is 15.7 Å². The molecule has 1 aliphatic heterocycles. The third-order valence-electron chi connectivity index (χ3n) is 3.60. The van der Waals surface area contributed by atoms with Gasteiger partial charge >= 0.3 is 0 Å². The quantitative estimate of drug-likeness (QED) is 0.833. The zero-order chi connectivity index (χ0) is 13.5. The van der Waals surface area contributed by atoms with Gasteiger partial charge in [-0.3, -0.25) is 0 Å². The molecule has 0 spiro atoms. The van der Waals surface area contributed by atoms with Crippen LogP contribution in [0.4, 0.5) is 5.69 Å². The van der Waals surface area contributed by atoms with Crippen molar-refractivity contribution in [3.05, 3.63) is 23.3 Å². The molecule has 0 aromatic heterocycles. The van der Waals surface area contributed by atoms with E-state index in [-0.39, 0.29) is 4.90 Å². The fourth-order valence-corrected chi connectivity index (χ4v) is 4.36. The standard InChI is InChI=1S/C13H20N2O2S/c1-9-6-7-15(8-9)18(16,17)13-11(3)5-4-10(2)12(13)14/h4-5,9H,6-8,14H2,1-3H3. The molecule has 0 bridgehead atoms. The molecule has 1 atom stereocenters. The van der Waals surface area contributed by atoms with Crippen molar-refractivity contribution < 1.29 is 8.42 Å². The lowest BCUT2D eigenvalue weighted by Gasteiger charge is -2.20. The van der Waals surface area contributed by atoms with Crippen molar-refractivity contribution in [1.29, 1.82) is 0 Å². The Morgan fingerprint density at radius 1 is 1.28 bits per heavy atom. The van der Waals surface area contributed by atoms with Gasteiger partial charge in [-0.25, -0.2) is 8.42 Å². The van der Waals surface area contributed by atoms with Gasteiger partial charge in [0.15, 0.2) is 0 Å². The number of nitrogens with two attached hydrogens (primary N) is 1. The van der Waals surface area contributed by atoms with Gasteiger partial charge in [0.05, 0.1) is 5.69 Å². The van der Waals surface area contributed by atoms with Crippen molar-refractivity contribution in [3.63, 3.8) is 0 Å². The highest BCUT2D eigenvalue weighted by atomic mass is 32.2. The fourth-order valence-electron chi connectivity index (χ4n) is 2.39. The van der Waals surface area contributed by atoms with Crippen LogP contribution in [0.25, 0.3) is 0 Å². The molecule has 1 unspecified atom stereocenters. The first-order valence-corrected chi connectivity index (χ1v) is 7.64. The lowest BCUT2D eigenvalue weighted by atomic mass is 10.1. The highest BCUT2D eigenvalue weighted by Crippen LogP contribution is 2.31. The van der Waals surface area contributed by atoms with Gasteiger partial charge in [0.2, 0.25) is 10.0 Å². The summed E-state index contributed by atoms with van der Waals surface area (Å²) in [6.07, 6.45) is 0.921. The summed E-state index contributed by atoms with van der Waals surface area (Å²) in [7, 11) is -3.45. The van der Waals surface area contributed by atoms with Gasteiger partial charge in [-0.15, -0.1) is 0 Å². The Bertz CT molecular complexity index is 567. The number of benzene rings is 1. The van der Waals surface area contributed by atoms with Crippen LogP contribution < -0.4 is 5.73 Å². The van der Waals surface area contributed by atoms with Gasteiger partial charge in [0.1, 0.15) is 4.90 Å². The molecular weight excluding hydrogens is 248 g/mol. The van der Waals surface area contributed by atoms with Crippen molar-refractivity contribution in [1.82, 2.24) is 4.31 Å². The fraction of sp³-hybridized carbons (Fsp3) is 0.538. The Hall–Kier alpha value is -1.07. The van der Waals surface area contributed by atoms with Gasteiger partial charge in [-0.1, -0.05) is 19.1 Å². The maximum absolute atomic E-state index is 12.6. The molecule has 5 heteroatoms. The van der Waals surface area contributed by atoms with Gasteiger partial charge in [0, 0.05) is 13.1 Å². The molecule has 100 valence electrons. The molecule has 1 fully saturated rings. The molecule has 1 aromatic rings. The van der Waals surface area contributed by atoms with Crippen molar-refractivity contribution in [3.8, 4) is 0 Å². The average molecular weight is 268 g/mol. The van der Waals surface area contributed by atoms with Gasteiger partial charge in [0.25, 0.3) is 0 Å². The number of hydrogen-bond donors (Lipinski definition) is 1. The highest BCUT2D eigenvalue weighted by Gasteiger charge is 2.33. The molecular formula is C13H20N2O2S. The van der Waals surface area contributed by atoms with E-state index in [0.29, 0.717) is 24.7 Å². The molecule has 2 N–H and O–H groups in total. The number of nitrogen functional groups attached to an aromatic ring is 1. The van der Waals surface area contributed by atoms with E-state index in [1.807, 2.05) is 19.1 Å². The summed E-state index contributed by atoms with van der Waals surface area (Å²) in [5.41, 5.74) is 7.88. The normalized spacial score (nSPS) is 21.4. The topological polar surface area (TPSA) is 63.4 Å². The van der Waals surface area contributed by atoms with Crippen LogP contribution in [0.5, 0.6) is 0 Å². The van der Waals surface area contributed by atoms with E-state index in [1.54, 1.807) is 11.2 Å². The summed E-state index contributed by atoms with van der Waals surface area (Å²) in [4.78, 5) is 0.289. The van der Waals surface area contributed by atoms with Crippen LogP contribution in [0.3, 0.4) is 0 Å². The predicted molar refractivity (Wildman–Crippen MR) is 72.9 cm³/mol. The molecule has 1 heterocycles. The van der Waals surface area contributed by atoms with Crippen molar-refractivity contribution in [2.45, 2.75) is 32.1 Å². The Kier molecular flexibility index (Phi) is 3.38. The molecule has 0 amide bonds. The third kappa shape index (κ3) is 2.12. The molecule has 18 heavy (non-hydrogen) atoms. The lowest BCUT2D eigenvalue weighted by Crippen LogP contribution is -2.30. The van der Waals surface area contributed by atoms with Crippen LogP contribution in [-0.4, -0.2) is 25.8 Å². The monoisotopic (exact) mass is 268 g/mol. The largest absolute Gasteiger partial charge is 0.397 e. The Morgan fingerprint density at radius 3 is 2.44 bits per heavy atom. The SMILES string of the molecule is Cc1ccc(C)c(S(=O)(=O)N2CCC(C)C2)c1N. The first-order chi connectivity index (χ1) is 8.34. The van der Waals surface area contributed by atoms with E-state index >= 15 is 0 Å². The van der Waals surface area contributed by atoms with E-state index in [9.17, 15) is 8.42 Å². The maximum atomic E-state index is 12.6. The number of sulfonamides is 1. The molecule has 0 radical (unpaired) electrons. The minimum Gasteiger partial charge on any atom is -0.397 e. The molecule has 4 nitrogen and oxygen atoms in total. The van der Waals surface area contributed by atoms with Crippen molar-refractivity contribution in [2.75, 3.05) is 18.8 Å². The maximum Gasteiger partial charge on any atom is 0.245 e. The van der Waals surface area contributed by atoms with Crippen LogP contribution in [0.2, 0.25) is 0 Å². The van der Waals surface area contributed by atoms with Crippen LogP contribution in [0.15, 0.2) is 17.0 Å². The number of anilines is 1. The average Bonchev–Trinajstić information content (AvgIpc) is 2.71. The number of rotatable bonds is 2. The number of hydrogen-bond acceptors (Lipinski definition) is 3. The molecule has 1 saturated heterocycles. The predicted octanol–water partition coefficient (Wildman–Crippen LogP) is 1.92. The van der Waals surface area contributed by atoms with Crippen molar-refractivity contribution in [2.24, 2.45) is 5.92 Å². The molecule has 1 aromatic carbocycles. The van der Waals surface area contributed by atoms with Crippen LogP contribution in [0, 0.1) is 19.8 Å². The molecule has 0 saturated carbocycles. The summed E-state index contributed by atoms with van der Waals surface area (Å²) >= 11 is 0. The van der Waals surface area contributed by atoms with Crippen LogP contribution in [0.1, 0.15) is 24.5 Å². The molecule has 0 aliphatic carbocycles. The second kappa shape index (κ2) is 4.55. The van der Waals surface area contributed by atoms with E-state index in [0.717, 1.165) is 17.5 Å². The first-order valence-electron chi connectivity index (χ1n) is 6.20. The number of nitrogens with zero attached hydrogens (tertiary/aromatic N) is 1. The summed E-state index contributed by atoms with van der Waals surface area (Å²) < 4.78 is 26.8. The van der Waals surface area contributed by atoms with E-state index in [2.05, 4.69) is 6.92 Å². The second-order valence-corrected chi connectivity index (χ2v) is 7.07. The summed E-state index contributed by atoms with van der Waals surface area (Å²) in [5, 5.41) is 0. The van der Waals surface area contributed by atoms with Crippen LogP contribution in [-0.2, 0) is 10.0 Å². The third-order valence-corrected chi connectivity index (χ3v) is 5.66. The number of aryl methyl sites for hydroxylation is 2. The first kappa shape index (κ1) is 13.4. The van der Waals surface area contributed by atoms with Gasteiger partial charge < -0.3 is 5.73 Å². The highest BCUT2D eigenvalue weighted by molar-refractivity contribution is 7.89. The summed E-state index contributed by atoms with van der Waals surface area (Å²) in [6.45, 7) is 6.88. The minimum absolute atomic E-state index is 0.289. The Labute approximate surface area is 109 Å². The molecule has 1 aliphatic rings. The van der Waals surface area contributed by atoms with Gasteiger partial charge in [-0.2, -0.15) is 4.31 Å². The minimum atomic E-state index is -3.45. The van der Waals surface area contributed by atoms with E-state index < -0.39 is 10.0 Å². The zero-order valence-electron chi connectivity index (χ0n) is 11.1. The van der Waals surface area contributed by atoms with E-state index in [4.69, 9.17) is 5.73 Å². The second-order valence-electron chi connectivity index (χ2n) is 5.20.